The number of piperidine rings is 1. The smallest absolute Gasteiger partial charge is 0.288 e. The van der Waals surface area contributed by atoms with Crippen LogP contribution in [0.3, 0.4) is 0 Å². The molecule has 1 aliphatic rings. The van der Waals surface area contributed by atoms with Crippen molar-refractivity contribution >= 4 is 11.6 Å². The van der Waals surface area contributed by atoms with Crippen LogP contribution < -0.4 is 5.73 Å². The summed E-state index contributed by atoms with van der Waals surface area (Å²) in [6.45, 7) is 2.69. The van der Waals surface area contributed by atoms with Crippen LogP contribution in [0.15, 0.2) is 36.9 Å². The summed E-state index contributed by atoms with van der Waals surface area (Å²) >= 11 is 0. The minimum atomic E-state index is -0.592. The quantitative estimate of drug-likeness (QED) is 0.768. The molecule has 1 atom stereocenters. The van der Waals surface area contributed by atoms with Crippen LogP contribution in [0.2, 0.25) is 0 Å². The zero-order valence-electron chi connectivity index (χ0n) is 13.2. The van der Waals surface area contributed by atoms with Crippen LogP contribution in [0.5, 0.6) is 0 Å². The summed E-state index contributed by atoms with van der Waals surface area (Å²) in [5, 5.41) is 4.19. The van der Waals surface area contributed by atoms with E-state index in [4.69, 9.17) is 5.73 Å². The Bertz CT molecular complexity index is 835. The van der Waals surface area contributed by atoms with Gasteiger partial charge in [-0.2, -0.15) is 0 Å². The molecule has 0 saturated carbocycles. The molecule has 0 spiro atoms. The molecule has 0 bridgehead atoms. The molecule has 1 amide bonds. The summed E-state index contributed by atoms with van der Waals surface area (Å²) in [4.78, 5) is 22.1. The lowest BCUT2D eigenvalue weighted by atomic mass is 10.1. The third-order valence-electron chi connectivity index (χ3n) is 4.38. The normalized spacial score (nSPS) is 18.9. The molecule has 124 valence electrons. The van der Waals surface area contributed by atoms with Gasteiger partial charge in [-0.15, -0.1) is 5.10 Å². The number of primary amides is 1. The van der Waals surface area contributed by atoms with Crippen molar-refractivity contribution in [1.29, 1.82) is 0 Å². The Morgan fingerprint density at radius 3 is 3.08 bits per heavy atom. The molecular weight excluding hydrogens is 306 g/mol. The molecule has 8 heteroatoms. The lowest BCUT2D eigenvalue weighted by Crippen LogP contribution is -2.36. The maximum absolute atomic E-state index is 11.2. The fourth-order valence-corrected chi connectivity index (χ4v) is 3.25. The molecule has 4 heterocycles. The Morgan fingerprint density at radius 1 is 1.38 bits per heavy atom. The molecule has 1 fully saturated rings. The molecule has 4 rings (SSSR count). The number of imidazole rings is 1. The molecule has 0 aliphatic carbocycles. The van der Waals surface area contributed by atoms with E-state index in [1.165, 1.54) is 0 Å². The van der Waals surface area contributed by atoms with Gasteiger partial charge >= 0.3 is 0 Å². The number of amides is 1. The number of nitrogens with two attached hydrogens (primary N) is 1. The van der Waals surface area contributed by atoms with Crippen molar-refractivity contribution in [2.75, 3.05) is 13.1 Å². The second-order valence-electron chi connectivity index (χ2n) is 6.14. The van der Waals surface area contributed by atoms with Crippen LogP contribution in [0.25, 0.3) is 5.65 Å². The zero-order valence-corrected chi connectivity index (χ0v) is 13.2. The first kappa shape index (κ1) is 14.8. The highest BCUT2D eigenvalue weighted by Gasteiger charge is 2.23. The van der Waals surface area contributed by atoms with Gasteiger partial charge in [0.25, 0.3) is 5.91 Å². The average Bonchev–Trinajstić information content (AvgIpc) is 3.21. The Hall–Kier alpha value is -2.74. The number of nitrogens with zero attached hydrogens (tertiary/aromatic N) is 6. The number of rotatable bonds is 4. The Morgan fingerprint density at radius 2 is 2.29 bits per heavy atom. The maximum Gasteiger partial charge on any atom is 0.288 e. The molecular formula is C16H19N7O. The summed E-state index contributed by atoms with van der Waals surface area (Å²) < 4.78 is 3.79. The van der Waals surface area contributed by atoms with Crippen LogP contribution in [-0.4, -0.2) is 48.0 Å². The van der Waals surface area contributed by atoms with E-state index in [-0.39, 0.29) is 11.9 Å². The molecule has 3 aromatic rings. The SMILES string of the molecule is NC(=O)c1ncn([C@H]2CCCN(Cc3cn4ccccc4n3)C2)n1. The summed E-state index contributed by atoms with van der Waals surface area (Å²) in [6, 6.07) is 6.19. The van der Waals surface area contributed by atoms with Gasteiger partial charge in [0.05, 0.1) is 11.7 Å². The maximum atomic E-state index is 11.2. The monoisotopic (exact) mass is 325 g/mol. The average molecular weight is 325 g/mol. The first-order valence-electron chi connectivity index (χ1n) is 8.05. The van der Waals surface area contributed by atoms with Crippen molar-refractivity contribution in [3.05, 3.63) is 48.4 Å². The summed E-state index contributed by atoms with van der Waals surface area (Å²) in [7, 11) is 0. The van der Waals surface area contributed by atoms with Gasteiger partial charge in [-0.25, -0.2) is 14.6 Å². The number of likely N-dealkylation sites (tertiary alicyclic amines) is 1. The third kappa shape index (κ3) is 2.88. The Balaban J connectivity index is 1.47. The summed E-state index contributed by atoms with van der Waals surface area (Å²) in [5.74, 6) is -0.515. The van der Waals surface area contributed by atoms with E-state index in [0.717, 1.165) is 43.8 Å². The first-order chi connectivity index (χ1) is 11.7. The number of aromatic nitrogens is 5. The number of carbonyl (C=O) groups excluding carboxylic acids is 1. The highest BCUT2D eigenvalue weighted by molar-refractivity contribution is 5.88. The fraction of sp³-hybridized carbons (Fsp3) is 0.375. The molecule has 0 aromatic carbocycles. The third-order valence-corrected chi connectivity index (χ3v) is 4.38. The highest BCUT2D eigenvalue weighted by atomic mass is 16.1. The van der Waals surface area contributed by atoms with E-state index in [0.29, 0.717) is 0 Å². The second-order valence-corrected chi connectivity index (χ2v) is 6.14. The number of hydrogen-bond acceptors (Lipinski definition) is 5. The van der Waals surface area contributed by atoms with Gasteiger partial charge in [0.1, 0.15) is 12.0 Å². The van der Waals surface area contributed by atoms with E-state index in [2.05, 4.69) is 26.2 Å². The van der Waals surface area contributed by atoms with Crippen LogP contribution in [0, 0.1) is 0 Å². The highest BCUT2D eigenvalue weighted by Crippen LogP contribution is 2.22. The van der Waals surface area contributed by atoms with Gasteiger partial charge in [-0.1, -0.05) is 6.07 Å². The molecule has 24 heavy (non-hydrogen) atoms. The topological polar surface area (TPSA) is 94.3 Å². The molecule has 0 unspecified atom stereocenters. The van der Waals surface area contributed by atoms with E-state index < -0.39 is 5.91 Å². The van der Waals surface area contributed by atoms with Crippen molar-refractivity contribution < 1.29 is 4.79 Å². The van der Waals surface area contributed by atoms with Gasteiger partial charge in [0.2, 0.25) is 5.82 Å². The van der Waals surface area contributed by atoms with Crippen LogP contribution in [-0.2, 0) is 6.54 Å². The van der Waals surface area contributed by atoms with Crippen molar-refractivity contribution in [3.63, 3.8) is 0 Å². The summed E-state index contributed by atoms with van der Waals surface area (Å²) in [6.07, 6.45) is 7.76. The zero-order chi connectivity index (χ0) is 16.5. The number of carbonyl (C=O) groups is 1. The van der Waals surface area contributed by atoms with E-state index in [1.807, 2.05) is 28.8 Å². The predicted molar refractivity (Wildman–Crippen MR) is 87.3 cm³/mol. The fourth-order valence-electron chi connectivity index (χ4n) is 3.25. The minimum absolute atomic E-state index is 0.0764. The second kappa shape index (κ2) is 6.04. The molecule has 1 aliphatic heterocycles. The van der Waals surface area contributed by atoms with E-state index >= 15 is 0 Å². The van der Waals surface area contributed by atoms with Gasteiger partial charge in [-0.3, -0.25) is 9.69 Å². The van der Waals surface area contributed by atoms with Crippen LogP contribution in [0.4, 0.5) is 0 Å². The molecule has 8 nitrogen and oxygen atoms in total. The number of fused-ring (bicyclic) bond motifs is 1. The lowest BCUT2D eigenvalue weighted by molar-refractivity contribution is 0.0989. The standard InChI is InChI=1S/C16H19N7O/c17-15(24)16-18-11-23(20-16)13-4-3-6-21(10-13)8-12-9-22-7-2-1-5-14(22)19-12/h1-2,5,7,9,11,13H,3-4,6,8,10H2,(H2,17,24)/t13-/m0/s1. The van der Waals surface area contributed by atoms with Gasteiger partial charge in [0, 0.05) is 25.5 Å². The lowest BCUT2D eigenvalue weighted by Gasteiger charge is -2.31. The number of hydrogen-bond donors (Lipinski definition) is 1. The first-order valence-corrected chi connectivity index (χ1v) is 8.05. The van der Waals surface area contributed by atoms with Crippen molar-refractivity contribution in [2.24, 2.45) is 5.73 Å². The molecule has 3 aromatic heterocycles. The molecule has 2 N–H and O–H groups in total. The van der Waals surface area contributed by atoms with Crippen molar-refractivity contribution in [2.45, 2.75) is 25.4 Å². The van der Waals surface area contributed by atoms with Crippen molar-refractivity contribution in [3.8, 4) is 0 Å². The Kier molecular flexibility index (Phi) is 3.73. The molecule has 0 radical (unpaired) electrons. The van der Waals surface area contributed by atoms with E-state index in [9.17, 15) is 4.79 Å². The predicted octanol–water partition coefficient (Wildman–Crippen LogP) is 0.862. The largest absolute Gasteiger partial charge is 0.363 e. The number of pyridine rings is 1. The molecule has 1 saturated heterocycles. The van der Waals surface area contributed by atoms with Crippen LogP contribution >= 0.6 is 0 Å². The van der Waals surface area contributed by atoms with Crippen LogP contribution in [0.1, 0.15) is 35.2 Å². The Labute approximate surface area is 138 Å². The van der Waals surface area contributed by atoms with Gasteiger partial charge in [-0.05, 0) is 31.5 Å². The minimum Gasteiger partial charge on any atom is -0.363 e. The van der Waals surface area contributed by atoms with Gasteiger partial charge < -0.3 is 10.1 Å². The van der Waals surface area contributed by atoms with Gasteiger partial charge in [0.15, 0.2) is 0 Å². The summed E-state index contributed by atoms with van der Waals surface area (Å²) in [5.41, 5.74) is 7.24. The van der Waals surface area contributed by atoms with E-state index in [1.54, 1.807) is 11.0 Å². The van der Waals surface area contributed by atoms with Crippen molar-refractivity contribution in [1.82, 2.24) is 29.0 Å².